The largest absolute Gasteiger partial charge is 0.278 e. The molecule has 1 heterocycles. The molecule has 0 bridgehead atoms. The molecule has 3 heteroatoms. The Labute approximate surface area is 108 Å². The standard InChI is InChI=1S/C15H17N3/c1-11-5-4-6-15(12(11)2)18-17-13(3)14-7-9-16-10-8-14/h4-10,18H,1-3H3/b17-13+. The van der Waals surface area contributed by atoms with Gasteiger partial charge in [-0.15, -0.1) is 0 Å². The van der Waals surface area contributed by atoms with E-state index in [4.69, 9.17) is 0 Å². The molecule has 0 atom stereocenters. The summed E-state index contributed by atoms with van der Waals surface area (Å²) in [5, 5.41) is 4.41. The number of hydrogen-bond acceptors (Lipinski definition) is 3. The molecule has 0 fully saturated rings. The highest BCUT2D eigenvalue weighted by Crippen LogP contribution is 2.18. The number of aromatic nitrogens is 1. The highest BCUT2D eigenvalue weighted by Gasteiger charge is 2.00. The second kappa shape index (κ2) is 5.45. The summed E-state index contributed by atoms with van der Waals surface area (Å²) in [6.45, 7) is 6.17. The van der Waals surface area contributed by atoms with Crippen molar-refractivity contribution >= 4 is 11.4 Å². The fourth-order valence-electron chi connectivity index (χ4n) is 1.67. The molecular formula is C15H17N3. The summed E-state index contributed by atoms with van der Waals surface area (Å²) in [6.07, 6.45) is 3.54. The summed E-state index contributed by atoms with van der Waals surface area (Å²) in [5.41, 5.74) is 8.67. The van der Waals surface area contributed by atoms with Crippen LogP contribution in [0.1, 0.15) is 23.6 Å². The molecule has 2 aromatic rings. The molecule has 1 aromatic heterocycles. The first-order chi connectivity index (χ1) is 8.68. The quantitative estimate of drug-likeness (QED) is 0.657. The summed E-state index contributed by atoms with van der Waals surface area (Å²) in [7, 11) is 0. The van der Waals surface area contributed by atoms with E-state index in [0.29, 0.717) is 0 Å². The van der Waals surface area contributed by atoms with Crippen LogP contribution in [0.2, 0.25) is 0 Å². The van der Waals surface area contributed by atoms with Crippen LogP contribution in [0, 0.1) is 13.8 Å². The third-order valence-corrected chi connectivity index (χ3v) is 3.05. The van der Waals surface area contributed by atoms with Crippen LogP contribution in [0.15, 0.2) is 47.8 Å². The van der Waals surface area contributed by atoms with Gasteiger partial charge in [0, 0.05) is 18.0 Å². The second-order valence-corrected chi connectivity index (χ2v) is 4.29. The summed E-state index contributed by atoms with van der Waals surface area (Å²) >= 11 is 0. The molecule has 0 radical (unpaired) electrons. The predicted molar refractivity (Wildman–Crippen MR) is 76.0 cm³/mol. The number of hydrazone groups is 1. The van der Waals surface area contributed by atoms with Gasteiger partial charge < -0.3 is 0 Å². The van der Waals surface area contributed by atoms with E-state index >= 15 is 0 Å². The van der Waals surface area contributed by atoms with Crippen molar-refractivity contribution in [1.82, 2.24) is 4.98 Å². The number of nitrogens with zero attached hydrogens (tertiary/aromatic N) is 2. The maximum Gasteiger partial charge on any atom is 0.0649 e. The monoisotopic (exact) mass is 239 g/mol. The van der Waals surface area contributed by atoms with E-state index in [1.54, 1.807) is 12.4 Å². The molecule has 3 nitrogen and oxygen atoms in total. The van der Waals surface area contributed by atoms with E-state index in [-0.39, 0.29) is 0 Å². The average Bonchev–Trinajstić information content (AvgIpc) is 2.41. The molecule has 1 N–H and O–H groups in total. The van der Waals surface area contributed by atoms with Crippen LogP contribution >= 0.6 is 0 Å². The molecular weight excluding hydrogens is 222 g/mol. The van der Waals surface area contributed by atoms with Gasteiger partial charge in [0.15, 0.2) is 0 Å². The van der Waals surface area contributed by atoms with Crippen LogP contribution in [-0.2, 0) is 0 Å². The van der Waals surface area contributed by atoms with E-state index in [1.165, 1.54) is 11.1 Å². The zero-order valence-corrected chi connectivity index (χ0v) is 10.9. The Bertz CT molecular complexity index is 559. The molecule has 0 unspecified atom stereocenters. The van der Waals surface area contributed by atoms with Gasteiger partial charge in [-0.2, -0.15) is 5.10 Å². The molecule has 0 amide bonds. The van der Waals surface area contributed by atoms with Gasteiger partial charge in [0.05, 0.1) is 11.4 Å². The summed E-state index contributed by atoms with van der Waals surface area (Å²) in [6, 6.07) is 10.1. The second-order valence-electron chi connectivity index (χ2n) is 4.29. The number of nitrogens with one attached hydrogen (secondary N) is 1. The third kappa shape index (κ3) is 2.74. The van der Waals surface area contributed by atoms with E-state index < -0.39 is 0 Å². The molecule has 0 aliphatic heterocycles. The van der Waals surface area contributed by atoms with Gasteiger partial charge in [-0.1, -0.05) is 12.1 Å². The summed E-state index contributed by atoms with van der Waals surface area (Å²) in [4.78, 5) is 4.00. The van der Waals surface area contributed by atoms with Crippen LogP contribution in [0.4, 0.5) is 5.69 Å². The first kappa shape index (κ1) is 12.3. The topological polar surface area (TPSA) is 37.3 Å². The maximum atomic E-state index is 4.41. The number of anilines is 1. The molecule has 0 saturated carbocycles. The van der Waals surface area contributed by atoms with E-state index in [0.717, 1.165) is 17.0 Å². The van der Waals surface area contributed by atoms with Crippen molar-refractivity contribution in [2.45, 2.75) is 20.8 Å². The number of hydrogen-bond donors (Lipinski definition) is 1. The SMILES string of the molecule is C/C(=N\Nc1cccc(C)c1C)c1ccncc1. The first-order valence-electron chi connectivity index (χ1n) is 5.95. The van der Waals surface area contributed by atoms with Crippen LogP contribution < -0.4 is 5.43 Å². The molecule has 0 saturated heterocycles. The van der Waals surface area contributed by atoms with Crippen LogP contribution in [0.25, 0.3) is 0 Å². The van der Waals surface area contributed by atoms with Crippen molar-refractivity contribution in [3.8, 4) is 0 Å². The molecule has 1 aromatic carbocycles. The van der Waals surface area contributed by atoms with Crippen LogP contribution in [0.5, 0.6) is 0 Å². The molecule has 0 aliphatic rings. The van der Waals surface area contributed by atoms with Crippen molar-refractivity contribution in [3.05, 3.63) is 59.4 Å². The van der Waals surface area contributed by atoms with Crippen molar-refractivity contribution in [2.75, 3.05) is 5.43 Å². The Balaban J connectivity index is 2.18. The molecule has 0 aliphatic carbocycles. The van der Waals surface area contributed by atoms with E-state index in [2.05, 4.69) is 35.4 Å². The highest BCUT2D eigenvalue weighted by atomic mass is 15.3. The number of rotatable bonds is 3. The Morgan fingerprint density at radius 3 is 2.56 bits per heavy atom. The molecule has 2 rings (SSSR count). The number of aryl methyl sites for hydroxylation is 1. The minimum Gasteiger partial charge on any atom is -0.278 e. The average molecular weight is 239 g/mol. The number of pyridine rings is 1. The normalized spacial score (nSPS) is 11.4. The lowest BCUT2D eigenvalue weighted by atomic mass is 10.1. The van der Waals surface area contributed by atoms with Crippen molar-refractivity contribution in [2.24, 2.45) is 5.10 Å². The summed E-state index contributed by atoms with van der Waals surface area (Å²) in [5.74, 6) is 0. The van der Waals surface area contributed by atoms with Gasteiger partial charge in [0.25, 0.3) is 0 Å². The minimum absolute atomic E-state index is 0.943. The van der Waals surface area contributed by atoms with E-state index in [1.807, 2.05) is 31.2 Å². The maximum absolute atomic E-state index is 4.41. The number of benzene rings is 1. The Kier molecular flexibility index (Phi) is 3.72. The molecule has 18 heavy (non-hydrogen) atoms. The third-order valence-electron chi connectivity index (χ3n) is 3.05. The van der Waals surface area contributed by atoms with Crippen LogP contribution in [-0.4, -0.2) is 10.7 Å². The van der Waals surface area contributed by atoms with Gasteiger partial charge in [-0.05, 0) is 50.1 Å². The van der Waals surface area contributed by atoms with Gasteiger partial charge in [-0.3, -0.25) is 10.4 Å². The highest BCUT2D eigenvalue weighted by molar-refractivity contribution is 5.98. The van der Waals surface area contributed by atoms with Gasteiger partial charge >= 0.3 is 0 Å². The first-order valence-corrected chi connectivity index (χ1v) is 5.95. The lowest BCUT2D eigenvalue weighted by molar-refractivity contribution is 1.25. The fourth-order valence-corrected chi connectivity index (χ4v) is 1.67. The van der Waals surface area contributed by atoms with Crippen LogP contribution in [0.3, 0.4) is 0 Å². The lowest BCUT2D eigenvalue weighted by Gasteiger charge is -2.08. The molecule has 92 valence electrons. The van der Waals surface area contributed by atoms with Gasteiger partial charge in [-0.25, -0.2) is 0 Å². The minimum atomic E-state index is 0.943. The Hall–Kier alpha value is -2.16. The summed E-state index contributed by atoms with van der Waals surface area (Å²) < 4.78 is 0. The van der Waals surface area contributed by atoms with Gasteiger partial charge in [0.2, 0.25) is 0 Å². The predicted octanol–water partition coefficient (Wildman–Crippen LogP) is 3.53. The molecule has 0 spiro atoms. The van der Waals surface area contributed by atoms with Gasteiger partial charge in [0.1, 0.15) is 0 Å². The Morgan fingerprint density at radius 1 is 1.11 bits per heavy atom. The van der Waals surface area contributed by atoms with Crippen molar-refractivity contribution in [3.63, 3.8) is 0 Å². The van der Waals surface area contributed by atoms with E-state index in [9.17, 15) is 0 Å². The lowest BCUT2D eigenvalue weighted by Crippen LogP contribution is -2.01. The zero-order valence-electron chi connectivity index (χ0n) is 10.9. The van der Waals surface area contributed by atoms with Crippen molar-refractivity contribution in [1.29, 1.82) is 0 Å². The van der Waals surface area contributed by atoms with Crippen molar-refractivity contribution < 1.29 is 0 Å². The zero-order chi connectivity index (χ0) is 13.0. The Morgan fingerprint density at radius 2 is 1.83 bits per heavy atom. The smallest absolute Gasteiger partial charge is 0.0649 e. The fraction of sp³-hybridized carbons (Fsp3) is 0.200.